The first-order valence-electron chi connectivity index (χ1n) is 3.74. The molecule has 1 aromatic carbocycles. The Labute approximate surface area is 80.8 Å². The highest BCUT2D eigenvalue weighted by Crippen LogP contribution is 2.47. The summed E-state index contributed by atoms with van der Waals surface area (Å²) in [7, 11) is -1.27. The van der Waals surface area contributed by atoms with E-state index < -0.39 is 13.4 Å². The molecule has 6 heteroatoms. The number of phenols is 1. The van der Waals surface area contributed by atoms with E-state index in [2.05, 4.69) is 9.05 Å². The molecule has 78 valence electrons. The van der Waals surface area contributed by atoms with Gasteiger partial charge in [0.25, 0.3) is 0 Å². The largest absolute Gasteiger partial charge is 0.507 e. The van der Waals surface area contributed by atoms with Crippen LogP contribution in [0.3, 0.4) is 0 Å². The first kappa shape index (κ1) is 11.2. The van der Waals surface area contributed by atoms with Gasteiger partial charge in [-0.25, -0.2) is 4.39 Å². The Bertz CT molecular complexity index is 372. The SMILES string of the molecule is COP(=O)(OC)c1cc(F)ccc1O. The molecule has 0 bridgehead atoms. The van der Waals surface area contributed by atoms with E-state index in [1.807, 2.05) is 0 Å². The molecule has 0 fully saturated rings. The van der Waals surface area contributed by atoms with Crippen molar-refractivity contribution in [3.05, 3.63) is 24.0 Å². The van der Waals surface area contributed by atoms with Gasteiger partial charge in [0.1, 0.15) is 16.9 Å². The highest BCUT2D eigenvalue weighted by atomic mass is 31.2. The molecule has 4 nitrogen and oxygen atoms in total. The number of benzene rings is 1. The molecule has 0 saturated carbocycles. The van der Waals surface area contributed by atoms with Gasteiger partial charge in [-0.1, -0.05) is 0 Å². The number of phenolic OH excluding ortho intramolecular Hbond substituents is 1. The zero-order chi connectivity index (χ0) is 10.8. The number of rotatable bonds is 3. The summed E-state index contributed by atoms with van der Waals surface area (Å²) in [5.41, 5.74) is 0. The summed E-state index contributed by atoms with van der Waals surface area (Å²) in [5, 5.41) is 9.16. The van der Waals surface area contributed by atoms with Gasteiger partial charge in [-0.05, 0) is 18.2 Å². The van der Waals surface area contributed by atoms with Crippen molar-refractivity contribution in [1.82, 2.24) is 0 Å². The summed E-state index contributed by atoms with van der Waals surface area (Å²) >= 11 is 0. The molecule has 0 aliphatic rings. The van der Waals surface area contributed by atoms with Gasteiger partial charge in [0.15, 0.2) is 0 Å². The van der Waals surface area contributed by atoms with Gasteiger partial charge in [0.05, 0.1) is 0 Å². The Balaban J connectivity index is 3.30. The van der Waals surface area contributed by atoms with Crippen LogP contribution in [0.4, 0.5) is 4.39 Å². The van der Waals surface area contributed by atoms with E-state index in [9.17, 15) is 14.1 Å². The Kier molecular flexibility index (Phi) is 3.26. The lowest BCUT2D eigenvalue weighted by Gasteiger charge is -2.14. The van der Waals surface area contributed by atoms with Crippen molar-refractivity contribution in [3.8, 4) is 5.75 Å². The standard InChI is InChI=1S/C8H10FO4P/c1-12-14(11,13-2)8-5-6(9)3-4-7(8)10/h3-5,10H,1-2H3. The van der Waals surface area contributed by atoms with Crippen molar-refractivity contribution in [1.29, 1.82) is 0 Å². The molecule has 1 N–H and O–H groups in total. The molecule has 0 saturated heterocycles. The van der Waals surface area contributed by atoms with Gasteiger partial charge in [-0.2, -0.15) is 0 Å². The predicted molar refractivity (Wildman–Crippen MR) is 49.3 cm³/mol. The molecule has 0 unspecified atom stereocenters. The lowest BCUT2D eigenvalue weighted by atomic mass is 10.3. The van der Waals surface area contributed by atoms with Crippen molar-refractivity contribution in [3.63, 3.8) is 0 Å². The maximum Gasteiger partial charge on any atom is 0.364 e. The van der Waals surface area contributed by atoms with Crippen LogP contribution in [0.2, 0.25) is 0 Å². The Morgan fingerprint density at radius 1 is 1.36 bits per heavy atom. The van der Waals surface area contributed by atoms with E-state index >= 15 is 0 Å². The van der Waals surface area contributed by atoms with Crippen molar-refractivity contribution < 1.29 is 23.1 Å². The summed E-state index contributed by atoms with van der Waals surface area (Å²) in [6, 6.07) is 3.06. The van der Waals surface area contributed by atoms with Crippen LogP contribution in [0.25, 0.3) is 0 Å². The summed E-state index contributed by atoms with van der Waals surface area (Å²) in [4.78, 5) is 0. The minimum absolute atomic E-state index is 0.178. The van der Waals surface area contributed by atoms with Crippen LogP contribution < -0.4 is 5.30 Å². The zero-order valence-corrected chi connectivity index (χ0v) is 8.62. The maximum absolute atomic E-state index is 12.8. The molecule has 0 aliphatic heterocycles. The Morgan fingerprint density at radius 2 is 1.93 bits per heavy atom. The quantitative estimate of drug-likeness (QED) is 0.786. The third kappa shape index (κ3) is 1.95. The summed E-state index contributed by atoms with van der Waals surface area (Å²) in [5.74, 6) is -0.939. The Morgan fingerprint density at radius 3 is 2.43 bits per heavy atom. The molecule has 0 aromatic heterocycles. The van der Waals surface area contributed by atoms with E-state index in [-0.39, 0.29) is 11.1 Å². The molecular formula is C8H10FO4P. The van der Waals surface area contributed by atoms with E-state index in [4.69, 9.17) is 0 Å². The molecule has 0 spiro atoms. The summed E-state index contributed by atoms with van der Waals surface area (Å²) in [6.45, 7) is 0. The lowest BCUT2D eigenvalue weighted by molar-refractivity contribution is 0.286. The van der Waals surface area contributed by atoms with Gasteiger partial charge in [0.2, 0.25) is 0 Å². The first-order valence-corrected chi connectivity index (χ1v) is 5.28. The van der Waals surface area contributed by atoms with Crippen LogP contribution in [0.5, 0.6) is 5.75 Å². The Hall–Kier alpha value is -0.900. The van der Waals surface area contributed by atoms with Crippen LogP contribution in [-0.4, -0.2) is 19.3 Å². The molecule has 14 heavy (non-hydrogen) atoms. The van der Waals surface area contributed by atoms with Crippen molar-refractivity contribution >= 4 is 12.9 Å². The molecular weight excluding hydrogens is 210 g/mol. The number of aromatic hydroxyl groups is 1. The average molecular weight is 220 g/mol. The van der Waals surface area contributed by atoms with Crippen LogP contribution in [0.15, 0.2) is 18.2 Å². The fourth-order valence-electron chi connectivity index (χ4n) is 0.987. The van der Waals surface area contributed by atoms with E-state index in [1.54, 1.807) is 0 Å². The van der Waals surface area contributed by atoms with Crippen molar-refractivity contribution in [2.45, 2.75) is 0 Å². The van der Waals surface area contributed by atoms with Crippen LogP contribution in [-0.2, 0) is 13.6 Å². The van der Waals surface area contributed by atoms with E-state index in [0.29, 0.717) is 0 Å². The number of hydrogen-bond acceptors (Lipinski definition) is 4. The minimum Gasteiger partial charge on any atom is -0.507 e. The third-order valence-corrected chi connectivity index (χ3v) is 3.62. The van der Waals surface area contributed by atoms with Gasteiger partial charge >= 0.3 is 7.60 Å². The molecule has 0 heterocycles. The summed E-state index contributed by atoms with van der Waals surface area (Å²) < 4.78 is 33.8. The molecule has 0 aliphatic carbocycles. The molecule has 0 atom stereocenters. The van der Waals surface area contributed by atoms with Crippen LogP contribution >= 0.6 is 7.60 Å². The third-order valence-electron chi connectivity index (χ3n) is 1.71. The fraction of sp³-hybridized carbons (Fsp3) is 0.250. The number of hydrogen-bond donors (Lipinski definition) is 1. The van der Waals surface area contributed by atoms with Crippen molar-refractivity contribution in [2.75, 3.05) is 14.2 Å². The molecule has 1 aromatic rings. The highest BCUT2D eigenvalue weighted by Gasteiger charge is 2.28. The molecule has 0 radical (unpaired) electrons. The second-order valence-corrected chi connectivity index (χ2v) is 4.70. The normalized spacial score (nSPS) is 11.6. The minimum atomic E-state index is -3.59. The lowest BCUT2D eigenvalue weighted by Crippen LogP contribution is -2.09. The summed E-state index contributed by atoms with van der Waals surface area (Å²) in [6.07, 6.45) is 0. The van der Waals surface area contributed by atoms with Gasteiger partial charge in [-0.3, -0.25) is 4.57 Å². The second-order valence-electron chi connectivity index (χ2n) is 2.50. The van der Waals surface area contributed by atoms with Gasteiger partial charge in [-0.15, -0.1) is 0 Å². The fourth-order valence-corrected chi connectivity index (χ4v) is 2.17. The maximum atomic E-state index is 12.8. The highest BCUT2D eigenvalue weighted by molar-refractivity contribution is 7.62. The topological polar surface area (TPSA) is 55.8 Å². The zero-order valence-electron chi connectivity index (χ0n) is 7.73. The monoisotopic (exact) mass is 220 g/mol. The van der Waals surface area contributed by atoms with Crippen molar-refractivity contribution in [2.24, 2.45) is 0 Å². The molecule has 1 rings (SSSR count). The van der Waals surface area contributed by atoms with Crippen LogP contribution in [0.1, 0.15) is 0 Å². The smallest absolute Gasteiger partial charge is 0.364 e. The van der Waals surface area contributed by atoms with Gasteiger partial charge < -0.3 is 14.2 Å². The van der Waals surface area contributed by atoms with Gasteiger partial charge in [0, 0.05) is 14.2 Å². The molecule has 0 amide bonds. The average Bonchev–Trinajstić information content (AvgIpc) is 2.20. The number of halogens is 1. The van der Waals surface area contributed by atoms with E-state index in [1.165, 1.54) is 0 Å². The predicted octanol–water partition coefficient (Wildman–Crippen LogP) is 1.64. The van der Waals surface area contributed by atoms with Crippen LogP contribution in [0, 0.1) is 5.82 Å². The first-order chi connectivity index (χ1) is 6.53. The second kappa shape index (κ2) is 4.09. The van der Waals surface area contributed by atoms with E-state index in [0.717, 1.165) is 32.4 Å².